The summed E-state index contributed by atoms with van der Waals surface area (Å²) in [6.07, 6.45) is 6.60. The summed E-state index contributed by atoms with van der Waals surface area (Å²) in [5.74, 6) is 0.0851. The van der Waals surface area contributed by atoms with Crippen LogP contribution in [0.2, 0.25) is 0 Å². The van der Waals surface area contributed by atoms with Crippen LogP contribution >= 0.6 is 0 Å². The van der Waals surface area contributed by atoms with Gasteiger partial charge in [0.25, 0.3) is 0 Å². The molecule has 1 aromatic rings. The van der Waals surface area contributed by atoms with Crippen molar-refractivity contribution in [2.45, 2.75) is 38.6 Å². The Kier molecular flexibility index (Phi) is 3.56. The maximum Gasteiger partial charge on any atom is 0.305 e. The lowest BCUT2D eigenvalue weighted by Gasteiger charge is -2.36. The van der Waals surface area contributed by atoms with Gasteiger partial charge in [0.05, 0.1) is 12.1 Å². The lowest BCUT2D eigenvalue weighted by molar-refractivity contribution is -0.137. The normalized spacial score (nSPS) is 20.3. The molecule has 1 unspecified atom stereocenters. The fourth-order valence-corrected chi connectivity index (χ4v) is 2.38. The van der Waals surface area contributed by atoms with E-state index < -0.39 is 5.97 Å². The van der Waals surface area contributed by atoms with E-state index in [4.69, 9.17) is 5.11 Å². The molecule has 0 amide bonds. The second-order valence-corrected chi connectivity index (χ2v) is 4.41. The molecule has 1 saturated heterocycles. The van der Waals surface area contributed by atoms with Gasteiger partial charge >= 0.3 is 5.97 Å². The molecular formula is C12H17N3O2. The number of carboxylic acid groups (broad SMARTS) is 1. The Bertz CT molecular complexity index is 408. The number of rotatable bonds is 3. The summed E-state index contributed by atoms with van der Waals surface area (Å²) in [6, 6.07) is 0.0525. The first-order valence-electron chi connectivity index (χ1n) is 5.94. The number of carbonyl (C=O) groups is 1. The van der Waals surface area contributed by atoms with E-state index >= 15 is 0 Å². The minimum absolute atomic E-state index is 0.0525. The quantitative estimate of drug-likeness (QED) is 0.862. The van der Waals surface area contributed by atoms with Crippen LogP contribution in [0.1, 0.15) is 31.4 Å². The summed E-state index contributed by atoms with van der Waals surface area (Å²) in [5, 5.41) is 8.94. The lowest BCUT2D eigenvalue weighted by Crippen LogP contribution is -2.41. The molecule has 17 heavy (non-hydrogen) atoms. The van der Waals surface area contributed by atoms with Gasteiger partial charge in [-0.1, -0.05) is 0 Å². The molecule has 1 aliphatic heterocycles. The van der Waals surface area contributed by atoms with Gasteiger partial charge in [0.15, 0.2) is 0 Å². The highest BCUT2D eigenvalue weighted by Crippen LogP contribution is 2.26. The summed E-state index contributed by atoms with van der Waals surface area (Å²) in [4.78, 5) is 21.5. The van der Waals surface area contributed by atoms with Gasteiger partial charge in [-0.3, -0.25) is 9.78 Å². The molecule has 1 N–H and O–H groups in total. The standard InChI is InChI=1S/C12H17N3O2/c1-9-12(14-6-5-13-9)15-7-3-2-4-10(15)8-11(16)17/h5-6,10H,2-4,7-8H2,1H3,(H,16,17). The van der Waals surface area contributed by atoms with Crippen LogP contribution in [0, 0.1) is 6.92 Å². The molecule has 0 aliphatic carbocycles. The van der Waals surface area contributed by atoms with Gasteiger partial charge in [-0.15, -0.1) is 0 Å². The van der Waals surface area contributed by atoms with Crippen LogP contribution in [-0.4, -0.2) is 33.6 Å². The van der Waals surface area contributed by atoms with E-state index in [2.05, 4.69) is 14.9 Å². The number of aliphatic carboxylic acids is 1. The van der Waals surface area contributed by atoms with Crippen molar-refractivity contribution >= 4 is 11.8 Å². The predicted molar refractivity (Wildman–Crippen MR) is 64.0 cm³/mol. The second-order valence-electron chi connectivity index (χ2n) is 4.41. The Morgan fingerprint density at radius 1 is 1.47 bits per heavy atom. The molecule has 0 aromatic carbocycles. The predicted octanol–water partition coefficient (Wildman–Crippen LogP) is 1.62. The van der Waals surface area contributed by atoms with Gasteiger partial charge in [0, 0.05) is 25.0 Å². The molecule has 2 rings (SSSR count). The molecule has 92 valence electrons. The van der Waals surface area contributed by atoms with Crippen LogP contribution in [0.15, 0.2) is 12.4 Å². The Balaban J connectivity index is 2.21. The summed E-state index contributed by atoms with van der Waals surface area (Å²) < 4.78 is 0. The second kappa shape index (κ2) is 5.12. The summed E-state index contributed by atoms with van der Waals surface area (Å²) in [6.45, 7) is 2.78. The zero-order valence-electron chi connectivity index (χ0n) is 9.96. The fourth-order valence-electron chi connectivity index (χ4n) is 2.38. The van der Waals surface area contributed by atoms with Crippen molar-refractivity contribution in [1.82, 2.24) is 9.97 Å². The highest BCUT2D eigenvalue weighted by Gasteiger charge is 2.26. The first-order chi connectivity index (χ1) is 8.18. The third-order valence-electron chi connectivity index (χ3n) is 3.16. The number of hydrogen-bond acceptors (Lipinski definition) is 4. The first-order valence-corrected chi connectivity index (χ1v) is 5.94. The third-order valence-corrected chi connectivity index (χ3v) is 3.16. The molecule has 5 heteroatoms. The molecule has 1 fully saturated rings. The minimum Gasteiger partial charge on any atom is -0.481 e. The van der Waals surface area contributed by atoms with Crippen LogP contribution in [0.3, 0.4) is 0 Å². The summed E-state index contributed by atoms with van der Waals surface area (Å²) in [7, 11) is 0. The van der Waals surface area contributed by atoms with Gasteiger partial charge in [-0.05, 0) is 26.2 Å². The smallest absolute Gasteiger partial charge is 0.305 e. The van der Waals surface area contributed by atoms with Gasteiger partial charge in [0.2, 0.25) is 0 Å². The number of aromatic nitrogens is 2. The molecule has 0 radical (unpaired) electrons. The number of nitrogens with zero attached hydrogens (tertiary/aromatic N) is 3. The number of anilines is 1. The number of hydrogen-bond donors (Lipinski definition) is 1. The van der Waals surface area contributed by atoms with Crippen molar-refractivity contribution in [2.75, 3.05) is 11.4 Å². The maximum absolute atomic E-state index is 10.9. The molecule has 5 nitrogen and oxygen atoms in total. The number of carboxylic acids is 1. The van der Waals surface area contributed by atoms with Crippen LogP contribution in [-0.2, 0) is 4.79 Å². The van der Waals surface area contributed by atoms with Crippen molar-refractivity contribution < 1.29 is 9.90 Å². The SMILES string of the molecule is Cc1nccnc1N1CCCCC1CC(=O)O. The van der Waals surface area contributed by atoms with Crippen LogP contribution in [0.5, 0.6) is 0 Å². The Morgan fingerprint density at radius 3 is 2.94 bits per heavy atom. The fraction of sp³-hybridized carbons (Fsp3) is 0.583. The van der Waals surface area contributed by atoms with Crippen molar-refractivity contribution in [1.29, 1.82) is 0 Å². The molecule has 0 bridgehead atoms. The van der Waals surface area contributed by atoms with Gasteiger partial charge in [-0.25, -0.2) is 4.98 Å². The van der Waals surface area contributed by atoms with Crippen molar-refractivity contribution in [3.05, 3.63) is 18.1 Å². The number of piperidine rings is 1. The maximum atomic E-state index is 10.9. The third kappa shape index (κ3) is 2.72. The average molecular weight is 235 g/mol. The van der Waals surface area contributed by atoms with Crippen LogP contribution in [0.25, 0.3) is 0 Å². The summed E-state index contributed by atoms with van der Waals surface area (Å²) in [5.41, 5.74) is 0.866. The zero-order chi connectivity index (χ0) is 12.3. The first kappa shape index (κ1) is 11.8. The van der Waals surface area contributed by atoms with Crippen molar-refractivity contribution in [2.24, 2.45) is 0 Å². The highest BCUT2D eigenvalue weighted by molar-refractivity contribution is 5.68. The molecule has 2 heterocycles. The molecule has 1 aromatic heterocycles. The molecule has 0 saturated carbocycles. The van der Waals surface area contributed by atoms with E-state index in [0.717, 1.165) is 37.3 Å². The van der Waals surface area contributed by atoms with Gasteiger partial charge in [0.1, 0.15) is 5.82 Å². The zero-order valence-corrected chi connectivity index (χ0v) is 9.96. The largest absolute Gasteiger partial charge is 0.481 e. The molecule has 1 atom stereocenters. The summed E-state index contributed by atoms with van der Waals surface area (Å²) >= 11 is 0. The van der Waals surface area contributed by atoms with Crippen molar-refractivity contribution in [3.8, 4) is 0 Å². The molecule has 0 spiro atoms. The lowest BCUT2D eigenvalue weighted by atomic mass is 9.99. The average Bonchev–Trinajstić information content (AvgIpc) is 2.30. The van der Waals surface area contributed by atoms with Gasteiger partial charge in [-0.2, -0.15) is 0 Å². The van der Waals surface area contributed by atoms with E-state index in [1.54, 1.807) is 12.4 Å². The highest BCUT2D eigenvalue weighted by atomic mass is 16.4. The Morgan fingerprint density at radius 2 is 2.24 bits per heavy atom. The van der Waals surface area contributed by atoms with E-state index in [1.807, 2.05) is 6.92 Å². The van der Waals surface area contributed by atoms with E-state index in [9.17, 15) is 4.79 Å². The molecular weight excluding hydrogens is 218 g/mol. The van der Waals surface area contributed by atoms with Crippen molar-refractivity contribution in [3.63, 3.8) is 0 Å². The minimum atomic E-state index is -0.747. The number of aryl methyl sites for hydroxylation is 1. The van der Waals surface area contributed by atoms with Gasteiger partial charge < -0.3 is 10.0 Å². The monoisotopic (exact) mass is 235 g/mol. The van der Waals surface area contributed by atoms with Crippen LogP contribution < -0.4 is 4.90 Å². The Hall–Kier alpha value is -1.65. The van der Waals surface area contributed by atoms with E-state index in [0.29, 0.717) is 0 Å². The van der Waals surface area contributed by atoms with E-state index in [-0.39, 0.29) is 12.5 Å². The van der Waals surface area contributed by atoms with E-state index in [1.165, 1.54) is 0 Å². The molecule has 1 aliphatic rings. The van der Waals surface area contributed by atoms with Crippen LogP contribution in [0.4, 0.5) is 5.82 Å². The Labute approximate surface area is 100 Å². The topological polar surface area (TPSA) is 66.3 Å².